The van der Waals surface area contributed by atoms with Gasteiger partial charge in [0.2, 0.25) is 0 Å². The maximum Gasteiger partial charge on any atom is 0.0251 e. The lowest BCUT2D eigenvalue weighted by atomic mass is 10.2. The van der Waals surface area contributed by atoms with E-state index >= 15 is 0 Å². The van der Waals surface area contributed by atoms with E-state index in [0.717, 1.165) is 17.3 Å². The average molecular weight is 222 g/mol. The molecule has 0 N–H and O–H groups in total. The molecule has 0 saturated heterocycles. The summed E-state index contributed by atoms with van der Waals surface area (Å²) in [5.74, 6) is 2.42. The Balaban J connectivity index is 2.99. The molecule has 1 heterocycles. The smallest absolute Gasteiger partial charge is 0.0251 e. The predicted octanol–water partition coefficient (Wildman–Crippen LogP) is 3.04. The van der Waals surface area contributed by atoms with Crippen LogP contribution in [0.1, 0.15) is 16.0 Å². The molecule has 0 aliphatic heterocycles. The van der Waals surface area contributed by atoms with Crippen LogP contribution in [0.2, 0.25) is 0 Å². The Bertz CT molecular complexity index is 207. The third-order valence-corrected chi connectivity index (χ3v) is 3.80. The van der Waals surface area contributed by atoms with Crippen LogP contribution in [0.3, 0.4) is 0 Å². The van der Waals surface area contributed by atoms with Crippen LogP contribution in [0.4, 0.5) is 0 Å². The summed E-state index contributed by atoms with van der Waals surface area (Å²) in [4.78, 5) is 1.33. The summed E-state index contributed by atoms with van der Waals surface area (Å²) < 4.78 is 0. The molecule has 0 amide bonds. The molecule has 0 bridgehead atoms. The van der Waals surface area contributed by atoms with E-state index in [1.54, 1.807) is 11.3 Å². The van der Waals surface area contributed by atoms with Crippen molar-refractivity contribution in [3.63, 3.8) is 0 Å². The van der Waals surface area contributed by atoms with Gasteiger partial charge in [0, 0.05) is 22.1 Å². The van der Waals surface area contributed by atoms with Gasteiger partial charge in [-0.05, 0) is 16.5 Å². The quantitative estimate of drug-likeness (QED) is 0.643. The van der Waals surface area contributed by atoms with Gasteiger partial charge in [-0.25, -0.2) is 0 Å². The summed E-state index contributed by atoms with van der Waals surface area (Å²) in [5, 5.41) is 2.14. The van der Waals surface area contributed by atoms with Gasteiger partial charge < -0.3 is 0 Å². The number of thiol groups is 3. The van der Waals surface area contributed by atoms with Crippen LogP contribution >= 0.6 is 49.2 Å². The van der Waals surface area contributed by atoms with Gasteiger partial charge >= 0.3 is 0 Å². The Morgan fingerprint density at radius 3 is 2.27 bits per heavy atom. The molecule has 1 rings (SSSR count). The van der Waals surface area contributed by atoms with E-state index in [9.17, 15) is 0 Å². The van der Waals surface area contributed by atoms with Gasteiger partial charge in [-0.2, -0.15) is 37.9 Å². The minimum atomic E-state index is 0.801. The third-order valence-electron chi connectivity index (χ3n) is 1.54. The van der Waals surface area contributed by atoms with E-state index in [1.165, 1.54) is 16.0 Å². The molecule has 0 aliphatic carbocycles. The lowest BCUT2D eigenvalue weighted by Crippen LogP contribution is -1.85. The summed E-state index contributed by atoms with van der Waals surface area (Å²) in [5.41, 5.74) is 2.63. The van der Waals surface area contributed by atoms with Crippen LogP contribution < -0.4 is 0 Å². The van der Waals surface area contributed by atoms with Crippen molar-refractivity contribution in [3.05, 3.63) is 21.4 Å². The lowest BCUT2D eigenvalue weighted by Gasteiger charge is -1.98. The minimum absolute atomic E-state index is 0.801. The second kappa shape index (κ2) is 4.70. The average Bonchev–Trinajstić information content (AvgIpc) is 2.45. The van der Waals surface area contributed by atoms with E-state index in [4.69, 9.17) is 0 Å². The molecule has 11 heavy (non-hydrogen) atoms. The van der Waals surface area contributed by atoms with Gasteiger partial charge in [0.25, 0.3) is 0 Å². The van der Waals surface area contributed by atoms with Crippen LogP contribution in [0.15, 0.2) is 5.38 Å². The van der Waals surface area contributed by atoms with Crippen molar-refractivity contribution in [2.24, 2.45) is 0 Å². The Morgan fingerprint density at radius 2 is 1.82 bits per heavy atom. The van der Waals surface area contributed by atoms with Crippen molar-refractivity contribution in [1.82, 2.24) is 0 Å². The summed E-state index contributed by atoms with van der Waals surface area (Å²) in [6.45, 7) is 0. The summed E-state index contributed by atoms with van der Waals surface area (Å²) in [6, 6.07) is 0. The molecular formula is C7H10S4. The zero-order chi connectivity index (χ0) is 8.27. The van der Waals surface area contributed by atoms with Crippen LogP contribution in [-0.2, 0) is 17.3 Å². The van der Waals surface area contributed by atoms with Crippen LogP contribution in [0.5, 0.6) is 0 Å². The van der Waals surface area contributed by atoms with E-state index < -0.39 is 0 Å². The molecule has 0 aliphatic rings. The summed E-state index contributed by atoms with van der Waals surface area (Å²) >= 11 is 14.5. The molecule has 0 fully saturated rings. The van der Waals surface area contributed by atoms with Gasteiger partial charge in [0.15, 0.2) is 0 Å². The molecule has 0 saturated carbocycles. The molecule has 0 spiro atoms. The third kappa shape index (κ3) is 2.11. The number of thiophene rings is 1. The lowest BCUT2D eigenvalue weighted by molar-refractivity contribution is 1.29. The molecule has 0 unspecified atom stereocenters. The standard InChI is InChI=1S/C7H10S4/c8-1-5-4-11-7(3-10)6(5)2-9/h4,8-10H,1-3H2. The van der Waals surface area contributed by atoms with Gasteiger partial charge in [-0.15, -0.1) is 11.3 Å². The maximum absolute atomic E-state index is 4.26. The van der Waals surface area contributed by atoms with Crippen LogP contribution in [0.25, 0.3) is 0 Å². The Labute approximate surface area is 87.6 Å². The first-order chi connectivity index (χ1) is 5.33. The molecule has 0 atom stereocenters. The van der Waals surface area contributed by atoms with Crippen molar-refractivity contribution in [2.75, 3.05) is 0 Å². The fraction of sp³-hybridized carbons (Fsp3) is 0.429. The second-order valence-electron chi connectivity index (χ2n) is 2.14. The van der Waals surface area contributed by atoms with Crippen LogP contribution in [0, 0.1) is 0 Å². The molecule has 0 radical (unpaired) electrons. The highest BCUT2D eigenvalue weighted by atomic mass is 32.1. The second-order valence-corrected chi connectivity index (χ2v) is 4.05. The summed E-state index contributed by atoms with van der Waals surface area (Å²) in [6.07, 6.45) is 0. The van der Waals surface area contributed by atoms with Crippen molar-refractivity contribution in [3.8, 4) is 0 Å². The molecule has 1 aromatic heterocycles. The zero-order valence-electron chi connectivity index (χ0n) is 5.95. The Kier molecular flexibility index (Phi) is 4.20. The topological polar surface area (TPSA) is 0 Å². The first-order valence-corrected chi connectivity index (χ1v) is 6.01. The largest absolute Gasteiger partial charge is 0.175 e. The van der Waals surface area contributed by atoms with Crippen molar-refractivity contribution in [2.45, 2.75) is 17.3 Å². The first kappa shape index (κ1) is 9.84. The van der Waals surface area contributed by atoms with E-state index in [1.807, 2.05) is 0 Å². The van der Waals surface area contributed by atoms with Gasteiger partial charge in [-0.1, -0.05) is 0 Å². The highest BCUT2D eigenvalue weighted by Gasteiger charge is 2.06. The van der Waals surface area contributed by atoms with Crippen molar-refractivity contribution in [1.29, 1.82) is 0 Å². The monoisotopic (exact) mass is 222 g/mol. The molecule has 4 heteroatoms. The molecular weight excluding hydrogens is 212 g/mol. The summed E-state index contributed by atoms with van der Waals surface area (Å²) in [7, 11) is 0. The first-order valence-electron chi connectivity index (χ1n) is 3.24. The van der Waals surface area contributed by atoms with Crippen molar-refractivity contribution < 1.29 is 0 Å². The van der Waals surface area contributed by atoms with E-state index in [2.05, 4.69) is 43.3 Å². The highest BCUT2D eigenvalue weighted by Crippen LogP contribution is 2.26. The van der Waals surface area contributed by atoms with Gasteiger partial charge in [0.05, 0.1) is 0 Å². The number of hydrogen-bond donors (Lipinski definition) is 3. The molecule has 0 nitrogen and oxygen atoms in total. The van der Waals surface area contributed by atoms with E-state index in [-0.39, 0.29) is 0 Å². The zero-order valence-corrected chi connectivity index (χ0v) is 9.45. The fourth-order valence-corrected chi connectivity index (χ4v) is 3.17. The number of hydrogen-bond acceptors (Lipinski definition) is 4. The minimum Gasteiger partial charge on any atom is -0.175 e. The Morgan fingerprint density at radius 1 is 1.09 bits per heavy atom. The maximum atomic E-state index is 4.26. The molecule has 0 aromatic carbocycles. The molecule has 62 valence electrons. The van der Waals surface area contributed by atoms with E-state index in [0.29, 0.717) is 0 Å². The highest BCUT2D eigenvalue weighted by molar-refractivity contribution is 7.80. The van der Waals surface area contributed by atoms with Crippen LogP contribution in [-0.4, -0.2) is 0 Å². The van der Waals surface area contributed by atoms with Crippen molar-refractivity contribution >= 4 is 49.2 Å². The van der Waals surface area contributed by atoms with Gasteiger partial charge in [-0.3, -0.25) is 0 Å². The molecule has 1 aromatic rings. The predicted molar refractivity (Wildman–Crippen MR) is 62.4 cm³/mol. The normalized spacial score (nSPS) is 10.5. The Hall–Kier alpha value is 0.750. The fourth-order valence-electron chi connectivity index (χ4n) is 0.919. The van der Waals surface area contributed by atoms with Gasteiger partial charge in [0.1, 0.15) is 0 Å². The SMILES string of the molecule is SCc1csc(CS)c1CS. The number of rotatable bonds is 3.